The predicted octanol–water partition coefficient (Wildman–Crippen LogP) is 4.11. The fraction of sp³-hybridized carbons (Fsp3) is 0.294. The fourth-order valence-electron chi connectivity index (χ4n) is 2.23. The van der Waals surface area contributed by atoms with Crippen molar-refractivity contribution >= 4 is 33.2 Å². The van der Waals surface area contributed by atoms with E-state index in [0.717, 1.165) is 16.9 Å². The van der Waals surface area contributed by atoms with Crippen molar-refractivity contribution in [2.45, 2.75) is 19.6 Å². The van der Waals surface area contributed by atoms with Crippen molar-refractivity contribution in [1.29, 1.82) is 0 Å². The summed E-state index contributed by atoms with van der Waals surface area (Å²) in [5, 5.41) is 0.666. The molecule has 0 aliphatic rings. The molecule has 0 atom stereocenters. The fourth-order valence-corrected chi connectivity index (χ4v) is 4.11. The minimum Gasteiger partial charge on any atom is -0.492 e. The van der Waals surface area contributed by atoms with Crippen LogP contribution >= 0.6 is 23.2 Å². The third-order valence-corrected chi connectivity index (χ3v) is 5.43. The van der Waals surface area contributed by atoms with E-state index in [9.17, 15) is 8.42 Å². The lowest BCUT2D eigenvalue weighted by Gasteiger charge is -2.12. The predicted molar refractivity (Wildman–Crippen MR) is 98.5 cm³/mol. The lowest BCUT2D eigenvalue weighted by molar-refractivity contribution is 0.320. The van der Waals surface area contributed by atoms with E-state index < -0.39 is 10.0 Å². The Labute approximate surface area is 152 Å². The molecular formula is C17H19Cl2NO3S. The summed E-state index contributed by atoms with van der Waals surface area (Å²) in [6, 6.07) is 10.7. The monoisotopic (exact) mass is 387 g/mol. The number of rotatable bonds is 7. The van der Waals surface area contributed by atoms with Crippen LogP contribution in [-0.2, 0) is 15.8 Å². The van der Waals surface area contributed by atoms with Crippen LogP contribution in [0.1, 0.15) is 16.7 Å². The van der Waals surface area contributed by atoms with E-state index >= 15 is 0 Å². The molecule has 0 spiro atoms. The first-order valence-electron chi connectivity index (χ1n) is 7.39. The standard InChI is InChI=1S/C17H19Cl2NO3S/c1-12-6-7-17(13(2)10-12)23-9-8-20-24(21,22)11-14-15(18)4-3-5-16(14)19/h3-7,10,20H,8-9,11H2,1-2H3. The van der Waals surface area contributed by atoms with Gasteiger partial charge in [-0.3, -0.25) is 0 Å². The lowest BCUT2D eigenvalue weighted by atomic mass is 10.1. The SMILES string of the molecule is Cc1ccc(OCCNS(=O)(=O)Cc2c(Cl)cccc2Cl)c(C)c1. The van der Waals surface area contributed by atoms with Crippen molar-refractivity contribution in [3.8, 4) is 5.75 Å². The summed E-state index contributed by atoms with van der Waals surface area (Å²) < 4.78 is 32.4. The van der Waals surface area contributed by atoms with Crippen molar-refractivity contribution in [2.75, 3.05) is 13.2 Å². The number of nitrogens with one attached hydrogen (secondary N) is 1. The van der Waals surface area contributed by atoms with Gasteiger partial charge in [-0.05, 0) is 37.6 Å². The van der Waals surface area contributed by atoms with Crippen molar-refractivity contribution in [3.05, 3.63) is 63.1 Å². The number of hydrogen-bond donors (Lipinski definition) is 1. The van der Waals surface area contributed by atoms with E-state index in [4.69, 9.17) is 27.9 Å². The molecule has 1 N–H and O–H groups in total. The van der Waals surface area contributed by atoms with Gasteiger partial charge in [0.2, 0.25) is 10.0 Å². The zero-order valence-corrected chi connectivity index (χ0v) is 15.8. The molecule has 0 heterocycles. The van der Waals surface area contributed by atoms with Crippen LogP contribution in [0.25, 0.3) is 0 Å². The van der Waals surface area contributed by atoms with Crippen molar-refractivity contribution in [1.82, 2.24) is 4.72 Å². The summed E-state index contributed by atoms with van der Waals surface area (Å²) in [5.41, 5.74) is 2.56. The molecule has 24 heavy (non-hydrogen) atoms. The zero-order chi connectivity index (χ0) is 17.7. The van der Waals surface area contributed by atoms with Gasteiger partial charge in [-0.15, -0.1) is 0 Å². The maximum Gasteiger partial charge on any atom is 0.216 e. The van der Waals surface area contributed by atoms with Gasteiger partial charge in [0.05, 0.1) is 5.75 Å². The van der Waals surface area contributed by atoms with Gasteiger partial charge in [-0.2, -0.15) is 0 Å². The van der Waals surface area contributed by atoms with E-state index in [1.54, 1.807) is 18.2 Å². The van der Waals surface area contributed by atoms with Crippen molar-refractivity contribution in [3.63, 3.8) is 0 Å². The highest BCUT2D eigenvalue weighted by atomic mass is 35.5. The van der Waals surface area contributed by atoms with E-state index in [-0.39, 0.29) is 18.9 Å². The molecule has 2 rings (SSSR count). The zero-order valence-electron chi connectivity index (χ0n) is 13.5. The highest BCUT2D eigenvalue weighted by molar-refractivity contribution is 7.88. The number of sulfonamides is 1. The minimum absolute atomic E-state index is 0.164. The van der Waals surface area contributed by atoms with Gasteiger partial charge in [-0.25, -0.2) is 13.1 Å². The Balaban J connectivity index is 1.89. The summed E-state index contributed by atoms with van der Waals surface area (Å²) >= 11 is 12.0. The Morgan fingerprint density at radius 3 is 2.38 bits per heavy atom. The summed E-state index contributed by atoms with van der Waals surface area (Å²) in [7, 11) is -3.55. The van der Waals surface area contributed by atoms with Crippen LogP contribution in [-0.4, -0.2) is 21.6 Å². The molecule has 0 bridgehead atoms. The molecule has 4 nitrogen and oxygen atoms in total. The van der Waals surface area contributed by atoms with Gasteiger partial charge < -0.3 is 4.74 Å². The molecule has 2 aromatic carbocycles. The Kier molecular flexibility index (Phi) is 6.52. The molecule has 0 saturated heterocycles. The van der Waals surface area contributed by atoms with Crippen LogP contribution in [0.4, 0.5) is 0 Å². The quantitative estimate of drug-likeness (QED) is 0.727. The first-order chi connectivity index (χ1) is 11.3. The second-order valence-electron chi connectivity index (χ2n) is 5.47. The first kappa shape index (κ1) is 19.1. The number of hydrogen-bond acceptors (Lipinski definition) is 3. The lowest BCUT2D eigenvalue weighted by Crippen LogP contribution is -2.29. The Bertz CT molecular complexity index is 802. The molecule has 0 aliphatic heterocycles. The average molecular weight is 388 g/mol. The highest BCUT2D eigenvalue weighted by Crippen LogP contribution is 2.25. The summed E-state index contributed by atoms with van der Waals surface area (Å²) in [6.45, 7) is 4.35. The van der Waals surface area contributed by atoms with Gasteiger partial charge in [0.25, 0.3) is 0 Å². The molecule has 0 aliphatic carbocycles. The van der Waals surface area contributed by atoms with Gasteiger partial charge >= 0.3 is 0 Å². The molecule has 0 fully saturated rings. The maximum absolute atomic E-state index is 12.1. The molecule has 0 unspecified atom stereocenters. The van der Waals surface area contributed by atoms with Gasteiger partial charge in [-0.1, -0.05) is 47.0 Å². The number of benzene rings is 2. The maximum atomic E-state index is 12.1. The van der Waals surface area contributed by atoms with E-state index in [0.29, 0.717) is 15.6 Å². The van der Waals surface area contributed by atoms with E-state index in [1.165, 1.54) is 0 Å². The normalized spacial score (nSPS) is 11.5. The molecular weight excluding hydrogens is 369 g/mol. The van der Waals surface area contributed by atoms with Crippen LogP contribution in [0, 0.1) is 13.8 Å². The number of ether oxygens (including phenoxy) is 1. The van der Waals surface area contributed by atoms with Gasteiger partial charge in [0, 0.05) is 22.2 Å². The highest BCUT2D eigenvalue weighted by Gasteiger charge is 2.16. The molecule has 0 amide bonds. The molecule has 2 aromatic rings. The summed E-state index contributed by atoms with van der Waals surface area (Å²) in [5.74, 6) is 0.476. The largest absolute Gasteiger partial charge is 0.492 e. The average Bonchev–Trinajstić information content (AvgIpc) is 2.49. The molecule has 0 saturated carbocycles. The third-order valence-electron chi connectivity index (χ3n) is 3.41. The second kappa shape index (κ2) is 8.21. The van der Waals surface area contributed by atoms with Crippen molar-refractivity contribution in [2.24, 2.45) is 0 Å². The molecule has 0 radical (unpaired) electrons. The van der Waals surface area contributed by atoms with Crippen LogP contribution in [0.2, 0.25) is 10.0 Å². The van der Waals surface area contributed by atoms with Crippen LogP contribution in [0.15, 0.2) is 36.4 Å². The van der Waals surface area contributed by atoms with Crippen molar-refractivity contribution < 1.29 is 13.2 Å². The second-order valence-corrected chi connectivity index (χ2v) is 8.09. The molecule has 130 valence electrons. The Hall–Kier alpha value is -1.27. The topological polar surface area (TPSA) is 55.4 Å². The van der Waals surface area contributed by atoms with Gasteiger partial charge in [0.1, 0.15) is 12.4 Å². The van der Waals surface area contributed by atoms with Crippen LogP contribution < -0.4 is 9.46 Å². The number of aryl methyl sites for hydroxylation is 2. The summed E-state index contributed by atoms with van der Waals surface area (Å²) in [6.07, 6.45) is 0. The Morgan fingerprint density at radius 2 is 1.75 bits per heavy atom. The number of halogens is 2. The van der Waals surface area contributed by atoms with E-state index in [1.807, 2.05) is 32.0 Å². The van der Waals surface area contributed by atoms with Crippen LogP contribution in [0.5, 0.6) is 5.75 Å². The molecule has 7 heteroatoms. The third kappa shape index (κ3) is 5.38. The smallest absolute Gasteiger partial charge is 0.216 e. The first-order valence-corrected chi connectivity index (χ1v) is 9.79. The minimum atomic E-state index is -3.55. The van der Waals surface area contributed by atoms with E-state index in [2.05, 4.69) is 4.72 Å². The molecule has 0 aromatic heterocycles. The van der Waals surface area contributed by atoms with Gasteiger partial charge in [0.15, 0.2) is 0 Å². The summed E-state index contributed by atoms with van der Waals surface area (Å²) in [4.78, 5) is 0. The van der Waals surface area contributed by atoms with Crippen LogP contribution in [0.3, 0.4) is 0 Å². The Morgan fingerprint density at radius 1 is 1.08 bits per heavy atom.